The molecule has 2 aromatic carbocycles. The number of aryl methyl sites for hydroxylation is 2. The number of ether oxygens (including phenoxy) is 1. The zero-order valence-corrected chi connectivity index (χ0v) is 21.7. The molecule has 0 aliphatic carbocycles. The van der Waals surface area contributed by atoms with Crippen LogP contribution >= 0.6 is 34.7 Å². The average Bonchev–Trinajstić information content (AvgIpc) is 3.35. The Balaban J connectivity index is 1.94. The summed E-state index contributed by atoms with van der Waals surface area (Å²) >= 11 is 9.51. The molecule has 0 fully saturated rings. The van der Waals surface area contributed by atoms with E-state index in [2.05, 4.69) is 18.9 Å². The molecule has 0 aliphatic rings. The molecule has 4 rings (SSSR count). The van der Waals surface area contributed by atoms with E-state index in [0.717, 1.165) is 21.0 Å². The van der Waals surface area contributed by atoms with Crippen molar-refractivity contribution in [3.8, 4) is 27.5 Å². The molecule has 0 amide bonds. The number of thiazole rings is 1. The van der Waals surface area contributed by atoms with Crippen LogP contribution < -0.4 is 0 Å². The molecule has 0 bridgehead atoms. The lowest BCUT2D eigenvalue weighted by Crippen LogP contribution is -2.11. The van der Waals surface area contributed by atoms with Crippen LogP contribution in [-0.2, 0) is 4.74 Å². The van der Waals surface area contributed by atoms with Crippen LogP contribution in [0.3, 0.4) is 0 Å². The molecule has 0 saturated carbocycles. The number of benzene rings is 2. The summed E-state index contributed by atoms with van der Waals surface area (Å²) in [5.74, 6) is -0.975. The minimum Gasteiger partial charge on any atom is -0.464 e. The number of halogens is 2. The van der Waals surface area contributed by atoms with Gasteiger partial charge in [-0.15, -0.1) is 11.8 Å². The Kier molecular flexibility index (Phi) is 7.12. The van der Waals surface area contributed by atoms with E-state index in [4.69, 9.17) is 21.3 Å². The normalized spacial score (nSPS) is 11.3. The maximum absolute atomic E-state index is 14.0. The van der Waals surface area contributed by atoms with Crippen molar-refractivity contribution in [1.82, 2.24) is 14.8 Å². The van der Waals surface area contributed by atoms with Crippen molar-refractivity contribution in [3.05, 3.63) is 70.3 Å². The highest BCUT2D eigenvalue weighted by molar-refractivity contribution is 8.01. The zero-order chi connectivity index (χ0) is 24.6. The average molecular weight is 516 g/mol. The number of methoxy groups -OCH3 is 1. The fraction of sp³-hybridized carbons (Fsp3) is 0.240. The third-order valence-corrected chi connectivity index (χ3v) is 7.76. The number of rotatable bonds is 6. The second-order valence-corrected chi connectivity index (χ2v) is 11.2. The largest absolute Gasteiger partial charge is 0.464 e. The topological polar surface area (TPSA) is 57.0 Å². The van der Waals surface area contributed by atoms with Gasteiger partial charge in [0.05, 0.1) is 22.7 Å². The summed E-state index contributed by atoms with van der Waals surface area (Å²) in [6.45, 7) is 7.94. The Hall–Kier alpha value is -2.68. The van der Waals surface area contributed by atoms with Crippen LogP contribution in [0.25, 0.3) is 27.5 Å². The van der Waals surface area contributed by atoms with E-state index in [0.29, 0.717) is 32.2 Å². The first-order valence-corrected chi connectivity index (χ1v) is 12.6. The van der Waals surface area contributed by atoms with Crippen LogP contribution in [-0.4, -0.2) is 33.1 Å². The summed E-state index contributed by atoms with van der Waals surface area (Å²) in [6.07, 6.45) is 0. The number of nitrogens with zero attached hydrogens (tertiary/aromatic N) is 3. The van der Waals surface area contributed by atoms with Crippen molar-refractivity contribution in [2.75, 3.05) is 7.11 Å². The van der Waals surface area contributed by atoms with Gasteiger partial charge in [0.1, 0.15) is 5.82 Å². The predicted octanol–water partition coefficient (Wildman–Crippen LogP) is 7.36. The predicted molar refractivity (Wildman–Crippen MR) is 137 cm³/mol. The highest BCUT2D eigenvalue weighted by Crippen LogP contribution is 2.41. The van der Waals surface area contributed by atoms with Crippen LogP contribution in [0, 0.1) is 19.7 Å². The molecule has 2 aromatic heterocycles. The highest BCUT2D eigenvalue weighted by Gasteiger charge is 2.27. The smallest absolute Gasteiger partial charge is 0.357 e. The lowest BCUT2D eigenvalue weighted by Gasteiger charge is -2.06. The quantitative estimate of drug-likeness (QED) is 0.198. The molecule has 0 unspecified atom stereocenters. The standard InChI is InChI=1S/C25H23ClFN3O2S2/c1-13(2)33-24-21(17-10-9-14(3)19(26)12-17)28-25(34-24)30-22(23(31)32-5)20(15(4)29-30)16-7-6-8-18(27)11-16/h6-13H,1-5H3. The van der Waals surface area contributed by atoms with Crippen LogP contribution in [0.1, 0.15) is 35.6 Å². The van der Waals surface area contributed by atoms with Crippen LogP contribution in [0.4, 0.5) is 4.39 Å². The van der Waals surface area contributed by atoms with Gasteiger partial charge < -0.3 is 4.74 Å². The van der Waals surface area contributed by atoms with E-state index in [-0.39, 0.29) is 5.69 Å². The van der Waals surface area contributed by atoms with Crippen LogP contribution in [0.15, 0.2) is 46.7 Å². The maximum Gasteiger partial charge on any atom is 0.357 e. The molecule has 34 heavy (non-hydrogen) atoms. The Morgan fingerprint density at radius 2 is 1.94 bits per heavy atom. The summed E-state index contributed by atoms with van der Waals surface area (Å²) in [6, 6.07) is 11.9. The molecular formula is C25H23ClFN3O2S2. The lowest BCUT2D eigenvalue weighted by atomic mass is 10.0. The molecule has 0 aliphatic heterocycles. The molecule has 9 heteroatoms. The van der Waals surface area contributed by atoms with Gasteiger partial charge in [0.15, 0.2) is 5.69 Å². The maximum atomic E-state index is 14.0. The van der Waals surface area contributed by atoms with Crippen molar-refractivity contribution in [1.29, 1.82) is 0 Å². The van der Waals surface area contributed by atoms with Gasteiger partial charge in [-0.1, -0.05) is 61.1 Å². The second kappa shape index (κ2) is 9.90. The van der Waals surface area contributed by atoms with E-state index in [1.807, 2.05) is 25.1 Å². The van der Waals surface area contributed by atoms with Crippen molar-refractivity contribution in [3.63, 3.8) is 0 Å². The Morgan fingerprint density at radius 3 is 2.59 bits per heavy atom. The summed E-state index contributed by atoms with van der Waals surface area (Å²) < 4.78 is 21.6. The van der Waals surface area contributed by atoms with Crippen LogP contribution in [0.5, 0.6) is 0 Å². The first kappa shape index (κ1) is 24.4. The van der Waals surface area contributed by atoms with Crippen molar-refractivity contribution in [2.24, 2.45) is 0 Å². The fourth-order valence-electron chi connectivity index (χ4n) is 3.54. The molecule has 0 spiro atoms. The SMILES string of the molecule is COC(=O)c1c(-c2cccc(F)c2)c(C)nn1-c1nc(-c2ccc(C)c(Cl)c2)c(SC(C)C)s1. The fourth-order valence-corrected chi connectivity index (χ4v) is 6.20. The molecule has 2 heterocycles. The van der Waals surface area contributed by atoms with E-state index < -0.39 is 11.8 Å². The minimum absolute atomic E-state index is 0.203. The lowest BCUT2D eigenvalue weighted by molar-refractivity contribution is 0.0591. The van der Waals surface area contributed by atoms with Crippen molar-refractivity contribution in [2.45, 2.75) is 37.2 Å². The van der Waals surface area contributed by atoms with Gasteiger partial charge in [-0.3, -0.25) is 0 Å². The number of esters is 1. The summed E-state index contributed by atoms with van der Waals surface area (Å²) in [5.41, 5.74) is 4.47. The molecular weight excluding hydrogens is 493 g/mol. The first-order valence-electron chi connectivity index (χ1n) is 10.6. The number of carbonyl (C=O) groups excluding carboxylic acids is 1. The van der Waals surface area contributed by atoms with Crippen molar-refractivity contribution < 1.29 is 13.9 Å². The number of carbonyl (C=O) groups is 1. The molecule has 4 aromatic rings. The number of thioether (sulfide) groups is 1. The molecule has 5 nitrogen and oxygen atoms in total. The molecule has 0 radical (unpaired) electrons. The van der Waals surface area contributed by atoms with E-state index >= 15 is 0 Å². The molecule has 176 valence electrons. The number of hydrogen-bond donors (Lipinski definition) is 0. The Bertz CT molecular complexity index is 1380. The summed E-state index contributed by atoms with van der Waals surface area (Å²) in [5, 5.41) is 6.11. The van der Waals surface area contributed by atoms with E-state index in [1.165, 1.54) is 35.3 Å². The monoisotopic (exact) mass is 515 g/mol. The molecule has 0 N–H and O–H groups in total. The highest BCUT2D eigenvalue weighted by atomic mass is 35.5. The number of hydrogen-bond acceptors (Lipinski definition) is 6. The van der Waals surface area contributed by atoms with Gasteiger partial charge in [0, 0.05) is 21.4 Å². The Morgan fingerprint density at radius 1 is 1.18 bits per heavy atom. The second-order valence-electron chi connectivity index (χ2n) is 7.99. The van der Waals surface area contributed by atoms with Crippen LogP contribution in [0.2, 0.25) is 5.02 Å². The van der Waals surface area contributed by atoms with E-state index in [1.54, 1.807) is 30.8 Å². The Labute approximate surface area is 210 Å². The minimum atomic E-state index is -0.576. The van der Waals surface area contributed by atoms with Crippen molar-refractivity contribution >= 4 is 40.7 Å². The third kappa shape index (κ3) is 4.76. The van der Waals surface area contributed by atoms with E-state index in [9.17, 15) is 9.18 Å². The van der Waals surface area contributed by atoms with Gasteiger partial charge >= 0.3 is 5.97 Å². The van der Waals surface area contributed by atoms with Gasteiger partial charge in [-0.05, 0) is 43.2 Å². The summed E-state index contributed by atoms with van der Waals surface area (Å²) in [7, 11) is 1.31. The van der Waals surface area contributed by atoms with Gasteiger partial charge in [-0.25, -0.2) is 14.2 Å². The number of aromatic nitrogens is 3. The zero-order valence-electron chi connectivity index (χ0n) is 19.3. The molecule has 0 atom stereocenters. The van der Waals surface area contributed by atoms with Gasteiger partial charge in [-0.2, -0.15) is 9.78 Å². The summed E-state index contributed by atoms with van der Waals surface area (Å²) in [4.78, 5) is 17.8. The molecule has 0 saturated heterocycles. The van der Waals surface area contributed by atoms with Gasteiger partial charge in [0.2, 0.25) is 5.13 Å². The first-order chi connectivity index (χ1) is 16.2. The van der Waals surface area contributed by atoms with Gasteiger partial charge in [0.25, 0.3) is 0 Å². The third-order valence-electron chi connectivity index (χ3n) is 5.11.